The van der Waals surface area contributed by atoms with Gasteiger partial charge in [0.25, 0.3) is 0 Å². The van der Waals surface area contributed by atoms with Gasteiger partial charge in [-0.1, -0.05) is 0 Å². The second kappa shape index (κ2) is 20.3. The van der Waals surface area contributed by atoms with Gasteiger partial charge in [0.15, 0.2) is 5.96 Å². The largest absolute Gasteiger partial charge is 0.481 e. The summed E-state index contributed by atoms with van der Waals surface area (Å²) in [6.07, 6.45) is -0.703. The number of carboxylic acid groups (broad SMARTS) is 2. The molecule has 42 heavy (non-hydrogen) atoms. The van der Waals surface area contributed by atoms with E-state index in [1.54, 1.807) is 0 Å². The summed E-state index contributed by atoms with van der Waals surface area (Å²) in [6, 6.07) is -3.88. The Hall–Kier alpha value is -4.66. The molecule has 0 aromatic heterocycles. The van der Waals surface area contributed by atoms with Crippen molar-refractivity contribution in [2.24, 2.45) is 22.2 Å². The van der Waals surface area contributed by atoms with Crippen LogP contribution in [0.3, 0.4) is 0 Å². The van der Waals surface area contributed by atoms with Crippen LogP contribution < -0.4 is 49.1 Å². The average molecular weight is 621 g/mol. The van der Waals surface area contributed by atoms with Gasteiger partial charge in [-0.05, 0) is 12.8 Å². The van der Waals surface area contributed by atoms with Crippen molar-refractivity contribution in [1.29, 1.82) is 0 Å². The average Bonchev–Trinajstić information content (AvgIpc) is 2.92. The zero-order chi connectivity index (χ0) is 32.2. The minimum Gasteiger partial charge on any atom is -0.481 e. The van der Waals surface area contributed by atoms with E-state index in [4.69, 9.17) is 27.4 Å². The maximum Gasteiger partial charge on any atom is 0.326 e. The number of aliphatic carboxylic acids is 2. The zero-order valence-corrected chi connectivity index (χ0v) is 23.3. The Balaban J connectivity index is 4.87. The van der Waals surface area contributed by atoms with Gasteiger partial charge in [0.1, 0.15) is 12.1 Å². The smallest absolute Gasteiger partial charge is 0.326 e. The molecule has 3 atom stereocenters. The lowest BCUT2D eigenvalue weighted by atomic mass is 10.1. The second-order valence-corrected chi connectivity index (χ2v) is 8.77. The molecule has 0 saturated heterocycles. The van der Waals surface area contributed by atoms with Gasteiger partial charge in [0, 0.05) is 12.3 Å². The van der Waals surface area contributed by atoms with Crippen LogP contribution in [0.2, 0.25) is 0 Å². The van der Waals surface area contributed by atoms with Crippen LogP contribution in [0.25, 0.3) is 0 Å². The Kier molecular flexibility index (Phi) is 18.0. The Morgan fingerprint density at radius 2 is 1.19 bits per heavy atom. The molecule has 21 heteroatoms. The number of nitrogens with zero attached hydrogens (tertiary/aromatic N) is 1. The first-order valence-corrected chi connectivity index (χ1v) is 12.8. The highest BCUT2D eigenvalue weighted by molar-refractivity contribution is 7.80. The fourth-order valence-corrected chi connectivity index (χ4v) is 2.96. The molecule has 0 spiro atoms. The normalized spacial score (nSPS) is 12.3. The van der Waals surface area contributed by atoms with E-state index in [0.717, 1.165) is 0 Å². The number of nitrogens with two attached hydrogens (primary N) is 3. The molecular weight excluding hydrogens is 584 g/mol. The van der Waals surface area contributed by atoms with Crippen LogP contribution in [-0.2, 0) is 38.4 Å². The van der Waals surface area contributed by atoms with Gasteiger partial charge in [0.2, 0.25) is 35.4 Å². The van der Waals surface area contributed by atoms with Crippen molar-refractivity contribution in [2.75, 3.05) is 38.5 Å². The van der Waals surface area contributed by atoms with Crippen molar-refractivity contribution in [1.82, 2.24) is 31.9 Å². The molecule has 0 heterocycles. The molecule has 0 radical (unpaired) electrons. The van der Waals surface area contributed by atoms with Crippen LogP contribution in [0.4, 0.5) is 0 Å². The molecule has 0 bridgehead atoms. The number of amides is 6. The third-order valence-corrected chi connectivity index (χ3v) is 5.27. The highest BCUT2D eigenvalue weighted by Crippen LogP contribution is 1.99. The molecule has 236 valence electrons. The number of nitrogens with one attached hydrogen (secondary N) is 6. The molecule has 20 nitrogen and oxygen atoms in total. The van der Waals surface area contributed by atoms with E-state index < -0.39 is 98.1 Å². The van der Waals surface area contributed by atoms with Crippen LogP contribution in [0, 0.1) is 0 Å². The van der Waals surface area contributed by atoms with Crippen LogP contribution in [0.15, 0.2) is 4.99 Å². The molecule has 0 aliphatic rings. The fraction of sp³-hybridized carbons (Fsp3) is 0.571. The summed E-state index contributed by atoms with van der Waals surface area (Å²) < 4.78 is 0. The Morgan fingerprint density at radius 3 is 1.69 bits per heavy atom. The number of rotatable bonds is 20. The molecule has 0 aromatic carbocycles. The van der Waals surface area contributed by atoms with Crippen LogP contribution in [0.1, 0.15) is 19.3 Å². The number of carbonyl (C=O) groups excluding carboxylic acids is 6. The van der Waals surface area contributed by atoms with Crippen molar-refractivity contribution in [2.45, 2.75) is 37.4 Å². The number of thiol groups is 1. The van der Waals surface area contributed by atoms with E-state index in [2.05, 4.69) is 44.2 Å². The van der Waals surface area contributed by atoms with Gasteiger partial charge in [-0.25, -0.2) is 4.79 Å². The summed E-state index contributed by atoms with van der Waals surface area (Å²) in [5.41, 5.74) is 15.9. The van der Waals surface area contributed by atoms with Crippen LogP contribution in [-0.4, -0.2) is 120 Å². The SMILES string of the molecule is NC(N)=NCCC[C@H](NC(=O)CNC(=O)CNC(=O)CNC(=O)[C@@H](N)CS)C(=O)NCC(=O)N[C@@H](CC(=O)O)C(=O)O. The van der Waals surface area contributed by atoms with Gasteiger partial charge in [-0.3, -0.25) is 38.6 Å². The maximum atomic E-state index is 12.6. The fourth-order valence-electron chi connectivity index (χ4n) is 2.79. The predicted octanol–water partition coefficient (Wildman–Crippen LogP) is -6.71. The van der Waals surface area contributed by atoms with Crippen molar-refractivity contribution in [3.63, 3.8) is 0 Å². The number of carboxylic acids is 2. The van der Waals surface area contributed by atoms with E-state index in [9.17, 15) is 38.4 Å². The molecule has 14 N–H and O–H groups in total. The third kappa shape index (κ3) is 17.8. The van der Waals surface area contributed by atoms with E-state index in [-0.39, 0.29) is 31.1 Å². The third-order valence-electron chi connectivity index (χ3n) is 4.88. The van der Waals surface area contributed by atoms with Gasteiger partial charge in [-0.2, -0.15) is 12.6 Å². The Bertz CT molecular complexity index is 1040. The first-order valence-electron chi connectivity index (χ1n) is 12.2. The van der Waals surface area contributed by atoms with Crippen molar-refractivity contribution < 1.29 is 48.6 Å². The molecule has 0 aliphatic heterocycles. The van der Waals surface area contributed by atoms with E-state index >= 15 is 0 Å². The summed E-state index contributed by atoms with van der Waals surface area (Å²) in [5, 5.41) is 30.9. The quantitative estimate of drug-likeness (QED) is 0.0261. The molecule has 0 unspecified atom stereocenters. The minimum atomic E-state index is -1.73. The standard InChI is InChI=1S/C21H36N10O10S/c22-10(9-42)18(38)28-6-14(33)26-5-13(32)27-7-15(34)30-11(2-1-3-25-21(23)24)19(39)29-8-16(35)31-12(20(40)41)4-17(36)37/h10-12,42H,1-9,22H2,(H,26,33)(H,27,32)(H,28,38)(H,29,39)(H,30,34)(H,31,35)(H,36,37)(H,40,41)(H4,23,24,25)/t10-,11-,12-/m0/s1. The maximum absolute atomic E-state index is 12.6. The summed E-state index contributed by atoms with van der Waals surface area (Å²) in [6.45, 7) is -2.22. The first kappa shape index (κ1) is 37.3. The second-order valence-electron chi connectivity index (χ2n) is 8.40. The lowest BCUT2D eigenvalue weighted by molar-refractivity contribution is -0.147. The predicted molar refractivity (Wildman–Crippen MR) is 148 cm³/mol. The molecular formula is C21H36N10O10S. The molecule has 0 rings (SSSR count). The summed E-state index contributed by atoms with van der Waals surface area (Å²) in [4.78, 5) is 97.8. The minimum absolute atomic E-state index is 0.0145. The summed E-state index contributed by atoms with van der Waals surface area (Å²) in [5.74, 6) is -7.95. The first-order chi connectivity index (χ1) is 19.7. The number of guanidine groups is 1. The van der Waals surface area contributed by atoms with Gasteiger partial charge in [0.05, 0.1) is 38.6 Å². The topological polar surface area (TPSA) is 340 Å². The highest BCUT2D eigenvalue weighted by atomic mass is 32.1. The Labute approximate surface area is 244 Å². The van der Waals surface area contributed by atoms with E-state index in [1.807, 2.05) is 5.32 Å². The van der Waals surface area contributed by atoms with E-state index in [0.29, 0.717) is 0 Å². The lowest BCUT2D eigenvalue weighted by Gasteiger charge is -2.19. The van der Waals surface area contributed by atoms with Crippen molar-refractivity contribution in [3.8, 4) is 0 Å². The number of carbonyl (C=O) groups is 8. The highest BCUT2D eigenvalue weighted by Gasteiger charge is 2.25. The molecule has 0 fully saturated rings. The van der Waals surface area contributed by atoms with Gasteiger partial charge in [-0.15, -0.1) is 0 Å². The molecule has 0 aliphatic carbocycles. The monoisotopic (exact) mass is 620 g/mol. The van der Waals surface area contributed by atoms with Crippen molar-refractivity contribution in [3.05, 3.63) is 0 Å². The van der Waals surface area contributed by atoms with E-state index in [1.165, 1.54) is 0 Å². The molecule has 0 saturated carbocycles. The summed E-state index contributed by atoms with van der Waals surface area (Å²) in [7, 11) is 0. The lowest BCUT2D eigenvalue weighted by Crippen LogP contribution is -2.52. The van der Waals surface area contributed by atoms with Gasteiger partial charge < -0.3 is 59.3 Å². The zero-order valence-electron chi connectivity index (χ0n) is 22.4. The number of aliphatic imine (C=N–C) groups is 1. The number of hydrogen-bond donors (Lipinski definition) is 12. The van der Waals surface area contributed by atoms with Gasteiger partial charge >= 0.3 is 11.9 Å². The number of hydrogen-bond acceptors (Lipinski definition) is 11. The molecule has 0 aromatic rings. The summed E-state index contributed by atoms with van der Waals surface area (Å²) >= 11 is 3.85. The molecule has 6 amide bonds. The Morgan fingerprint density at radius 1 is 0.714 bits per heavy atom. The van der Waals surface area contributed by atoms with Crippen molar-refractivity contribution >= 4 is 66.0 Å². The van der Waals surface area contributed by atoms with Crippen LogP contribution >= 0.6 is 12.6 Å². The van der Waals surface area contributed by atoms with Crippen LogP contribution in [0.5, 0.6) is 0 Å².